The maximum atomic E-state index is 6.43. The second-order valence-corrected chi connectivity index (χ2v) is 7.97. The monoisotopic (exact) mass is 427 g/mol. The van der Waals surface area contributed by atoms with Crippen molar-refractivity contribution in [2.24, 2.45) is 0 Å². The minimum Gasteiger partial charge on any atom is -0.493 e. The molecule has 0 unspecified atom stereocenters. The number of methoxy groups -OCH3 is 3. The van der Waals surface area contributed by atoms with Crippen molar-refractivity contribution in [3.63, 3.8) is 0 Å². The highest BCUT2D eigenvalue weighted by molar-refractivity contribution is 5.63. The number of benzene rings is 2. The van der Waals surface area contributed by atoms with Gasteiger partial charge in [0.2, 0.25) is 0 Å². The highest BCUT2D eigenvalue weighted by Gasteiger charge is 2.48. The van der Waals surface area contributed by atoms with Gasteiger partial charge in [-0.3, -0.25) is 0 Å². The van der Waals surface area contributed by atoms with Crippen LogP contribution in [0, 0.1) is 0 Å². The minimum absolute atomic E-state index is 0.369. The highest BCUT2D eigenvalue weighted by atomic mass is 16.6. The van der Waals surface area contributed by atoms with Crippen molar-refractivity contribution >= 4 is 6.08 Å². The summed E-state index contributed by atoms with van der Waals surface area (Å²) in [6, 6.07) is 9.95. The normalized spacial score (nSPS) is 20.1. The van der Waals surface area contributed by atoms with Gasteiger partial charge in [-0.15, -0.1) is 0 Å². The van der Waals surface area contributed by atoms with E-state index in [-0.39, 0.29) is 6.10 Å². The van der Waals surface area contributed by atoms with Gasteiger partial charge in [0.1, 0.15) is 12.2 Å². The van der Waals surface area contributed by atoms with Crippen LogP contribution in [0.15, 0.2) is 36.4 Å². The van der Waals surface area contributed by atoms with Crippen molar-refractivity contribution in [2.45, 2.75) is 25.6 Å². The molecule has 0 aliphatic carbocycles. The second kappa shape index (κ2) is 9.62. The number of likely N-dealkylation sites (N-methyl/N-ethyl adjacent to an activating group) is 1. The number of rotatable bonds is 9. The lowest BCUT2D eigenvalue weighted by Crippen LogP contribution is -2.30. The van der Waals surface area contributed by atoms with E-state index < -0.39 is 5.60 Å². The van der Waals surface area contributed by atoms with Crippen molar-refractivity contribution < 1.29 is 23.7 Å². The third kappa shape index (κ3) is 4.50. The maximum Gasteiger partial charge on any atom is 0.168 e. The van der Waals surface area contributed by atoms with Crippen LogP contribution in [0.4, 0.5) is 0 Å². The molecule has 2 aromatic rings. The molecule has 1 aliphatic heterocycles. The summed E-state index contributed by atoms with van der Waals surface area (Å²) in [4.78, 5) is 2.07. The number of ether oxygens (including phenoxy) is 5. The smallest absolute Gasteiger partial charge is 0.168 e. The molecule has 3 rings (SSSR count). The molecule has 0 saturated carbocycles. The number of fused-ring (bicyclic) bond motifs is 1. The summed E-state index contributed by atoms with van der Waals surface area (Å²) in [6.07, 6.45) is 3.67. The minimum atomic E-state index is -0.696. The summed E-state index contributed by atoms with van der Waals surface area (Å²) in [5, 5.41) is 0. The van der Waals surface area contributed by atoms with Crippen LogP contribution in [0.3, 0.4) is 0 Å². The van der Waals surface area contributed by atoms with Crippen LogP contribution in [-0.2, 0) is 10.3 Å². The molecule has 0 aromatic heterocycles. The zero-order valence-electron chi connectivity index (χ0n) is 19.5. The lowest BCUT2D eigenvalue weighted by atomic mass is 9.86. The zero-order valence-corrected chi connectivity index (χ0v) is 19.5. The van der Waals surface area contributed by atoms with Crippen molar-refractivity contribution in [3.05, 3.63) is 53.1 Å². The van der Waals surface area contributed by atoms with Gasteiger partial charge in [-0.05, 0) is 63.3 Å². The molecule has 0 radical (unpaired) electrons. The van der Waals surface area contributed by atoms with Gasteiger partial charge in [0.05, 0.1) is 14.2 Å². The largest absolute Gasteiger partial charge is 0.493 e. The fourth-order valence-electron chi connectivity index (χ4n) is 3.83. The van der Waals surface area contributed by atoms with E-state index in [1.54, 1.807) is 21.3 Å². The van der Waals surface area contributed by atoms with Gasteiger partial charge >= 0.3 is 0 Å². The average molecular weight is 428 g/mol. The Morgan fingerprint density at radius 1 is 1.03 bits per heavy atom. The van der Waals surface area contributed by atoms with E-state index in [0.717, 1.165) is 23.2 Å². The summed E-state index contributed by atoms with van der Waals surface area (Å²) in [5.74, 6) is 2.76. The van der Waals surface area contributed by atoms with Crippen molar-refractivity contribution in [1.82, 2.24) is 4.90 Å². The van der Waals surface area contributed by atoms with E-state index >= 15 is 0 Å². The van der Waals surface area contributed by atoms with Gasteiger partial charge in [-0.25, -0.2) is 0 Å². The Morgan fingerprint density at radius 2 is 1.77 bits per heavy atom. The van der Waals surface area contributed by atoms with Gasteiger partial charge in [0.15, 0.2) is 29.1 Å². The quantitative estimate of drug-likeness (QED) is 0.580. The Kier molecular flexibility index (Phi) is 7.13. The third-order valence-corrected chi connectivity index (χ3v) is 5.64. The summed E-state index contributed by atoms with van der Waals surface area (Å²) >= 11 is 0. The summed E-state index contributed by atoms with van der Waals surface area (Å²) in [6.45, 7) is 5.43. The molecule has 31 heavy (non-hydrogen) atoms. The molecule has 6 heteroatoms. The Morgan fingerprint density at radius 3 is 2.39 bits per heavy atom. The first-order valence-electron chi connectivity index (χ1n) is 10.4. The third-order valence-electron chi connectivity index (χ3n) is 5.64. The summed E-state index contributed by atoms with van der Waals surface area (Å²) in [5.41, 5.74) is 2.23. The molecule has 0 bridgehead atoms. The molecule has 0 saturated heterocycles. The Balaban J connectivity index is 1.98. The van der Waals surface area contributed by atoms with E-state index in [9.17, 15) is 0 Å². The molecule has 0 spiro atoms. The van der Waals surface area contributed by atoms with Crippen molar-refractivity contribution in [1.29, 1.82) is 0 Å². The summed E-state index contributed by atoms with van der Waals surface area (Å²) < 4.78 is 29.6. The fourth-order valence-corrected chi connectivity index (χ4v) is 3.83. The Bertz CT molecular complexity index is 940. The van der Waals surface area contributed by atoms with Crippen molar-refractivity contribution in [2.75, 3.05) is 48.6 Å². The number of hydrogen-bond donors (Lipinski definition) is 0. The first-order chi connectivity index (χ1) is 14.9. The first-order valence-corrected chi connectivity index (χ1v) is 10.4. The van der Waals surface area contributed by atoms with Gasteiger partial charge < -0.3 is 28.6 Å². The predicted molar refractivity (Wildman–Crippen MR) is 122 cm³/mol. The molecule has 2 aromatic carbocycles. The summed E-state index contributed by atoms with van der Waals surface area (Å²) in [7, 11) is 9.03. The lowest BCUT2D eigenvalue weighted by Gasteiger charge is -2.29. The van der Waals surface area contributed by atoms with E-state index in [1.165, 1.54) is 0 Å². The van der Waals surface area contributed by atoms with Crippen LogP contribution >= 0.6 is 0 Å². The van der Waals surface area contributed by atoms with Crippen LogP contribution in [-0.4, -0.2) is 53.5 Å². The number of nitrogens with zero attached hydrogens (tertiary/aromatic N) is 1. The molecule has 1 heterocycles. The van der Waals surface area contributed by atoms with Gasteiger partial charge in [0, 0.05) is 19.2 Å². The van der Waals surface area contributed by atoms with E-state index in [1.807, 2.05) is 64.4 Å². The van der Waals surface area contributed by atoms with Gasteiger partial charge in [-0.1, -0.05) is 18.2 Å². The van der Waals surface area contributed by atoms with Gasteiger partial charge in [-0.2, -0.15) is 0 Å². The Hall–Kier alpha value is -2.70. The Labute approximate surface area is 185 Å². The molecular weight excluding hydrogens is 394 g/mol. The standard InChI is InChI=1S/C25H33NO5/c1-8-9-17-14-19-23(22(15-17)28-6)31-24(25(19,2)29-7)18-10-11-20(21(16-18)27-5)30-13-12-26(3)4/h8-11,14-16,24H,12-13H2,1-7H3/t24-,25+/m1/s1. The van der Waals surface area contributed by atoms with E-state index in [2.05, 4.69) is 11.0 Å². The fraction of sp³-hybridized carbons (Fsp3) is 0.440. The molecular formula is C25H33NO5. The predicted octanol–water partition coefficient (Wildman–Crippen LogP) is 4.67. The molecule has 0 N–H and O–H groups in total. The lowest BCUT2D eigenvalue weighted by molar-refractivity contribution is -0.0623. The molecule has 0 fully saturated rings. The van der Waals surface area contributed by atoms with Crippen LogP contribution in [0.1, 0.15) is 36.6 Å². The van der Waals surface area contributed by atoms with E-state index in [0.29, 0.717) is 29.6 Å². The average Bonchev–Trinajstić information content (AvgIpc) is 3.06. The van der Waals surface area contributed by atoms with Crippen molar-refractivity contribution in [3.8, 4) is 23.0 Å². The van der Waals surface area contributed by atoms with Crippen LogP contribution in [0.2, 0.25) is 0 Å². The molecule has 1 aliphatic rings. The molecule has 6 nitrogen and oxygen atoms in total. The first kappa shape index (κ1) is 23.0. The topological polar surface area (TPSA) is 49.4 Å². The maximum absolute atomic E-state index is 6.43. The molecule has 168 valence electrons. The number of hydrogen-bond acceptors (Lipinski definition) is 6. The SMILES string of the molecule is CC=Cc1cc(OC)c2c(c1)[C@](C)(OC)[C@@H](c1ccc(OCCN(C)C)c(OC)c1)O2. The van der Waals surface area contributed by atoms with Crippen LogP contribution in [0.5, 0.6) is 23.0 Å². The van der Waals surface area contributed by atoms with Gasteiger partial charge in [0.25, 0.3) is 0 Å². The van der Waals surface area contributed by atoms with Crippen LogP contribution in [0.25, 0.3) is 6.08 Å². The number of allylic oxidation sites excluding steroid dienone is 1. The second-order valence-electron chi connectivity index (χ2n) is 7.97. The zero-order chi connectivity index (χ0) is 22.6. The van der Waals surface area contributed by atoms with E-state index in [4.69, 9.17) is 23.7 Å². The van der Waals surface area contributed by atoms with Crippen LogP contribution < -0.4 is 18.9 Å². The highest BCUT2D eigenvalue weighted by Crippen LogP contribution is 2.55. The molecule has 2 atom stereocenters. The molecule has 0 amide bonds.